The second-order valence-electron chi connectivity index (χ2n) is 7.40. The van der Waals surface area contributed by atoms with Gasteiger partial charge in [-0.1, -0.05) is 29.7 Å². The van der Waals surface area contributed by atoms with E-state index in [1.165, 1.54) is 12.4 Å². The Morgan fingerprint density at radius 1 is 1.19 bits per heavy atom. The molecule has 7 nitrogen and oxygen atoms in total. The Hall–Kier alpha value is -3.59. The summed E-state index contributed by atoms with van der Waals surface area (Å²) in [5.74, 6) is -1.69. The van der Waals surface area contributed by atoms with E-state index in [0.29, 0.717) is 22.5 Å². The van der Waals surface area contributed by atoms with Crippen molar-refractivity contribution in [1.29, 1.82) is 0 Å². The molecular formula is C22H16ClF2N5O2. The van der Waals surface area contributed by atoms with Crippen LogP contribution >= 0.6 is 11.6 Å². The van der Waals surface area contributed by atoms with Crippen molar-refractivity contribution in [3.05, 3.63) is 69.7 Å². The molecule has 0 aliphatic heterocycles. The van der Waals surface area contributed by atoms with Crippen LogP contribution in [0.2, 0.25) is 5.02 Å². The summed E-state index contributed by atoms with van der Waals surface area (Å²) in [6.45, 7) is 3.91. The highest BCUT2D eigenvalue weighted by molar-refractivity contribution is 6.35. The maximum Gasteiger partial charge on any atom is 0.278 e. The molecule has 1 atom stereocenters. The Bertz CT molecular complexity index is 1560. The lowest BCUT2D eigenvalue weighted by atomic mass is 10.2. The van der Waals surface area contributed by atoms with Crippen LogP contribution in [0, 0.1) is 11.6 Å². The average Bonchev–Trinajstić information content (AvgIpc) is 3.42. The largest absolute Gasteiger partial charge is 0.333 e. The number of fused-ring (bicyclic) bond motifs is 3. The van der Waals surface area contributed by atoms with E-state index in [-0.39, 0.29) is 40.1 Å². The Kier molecular flexibility index (Phi) is 4.78. The molecule has 1 unspecified atom stereocenters. The van der Waals surface area contributed by atoms with E-state index in [1.54, 1.807) is 21.1 Å². The zero-order valence-corrected chi connectivity index (χ0v) is 17.8. The zero-order valence-electron chi connectivity index (χ0n) is 17.0. The summed E-state index contributed by atoms with van der Waals surface area (Å²) in [6.07, 6.45) is 2.19. The summed E-state index contributed by atoms with van der Waals surface area (Å²) in [7, 11) is 0. The molecule has 3 heterocycles. The van der Waals surface area contributed by atoms with Crippen LogP contribution in [-0.2, 0) is 0 Å². The molecule has 3 aromatic heterocycles. The minimum absolute atomic E-state index is 0.0143. The molecule has 32 heavy (non-hydrogen) atoms. The highest BCUT2D eigenvalue weighted by Gasteiger charge is 2.24. The highest BCUT2D eigenvalue weighted by atomic mass is 35.5. The first kappa shape index (κ1) is 20.3. The van der Waals surface area contributed by atoms with Crippen molar-refractivity contribution in [2.45, 2.75) is 26.3 Å². The quantitative estimate of drug-likeness (QED) is 0.369. The van der Waals surface area contributed by atoms with Crippen molar-refractivity contribution in [2.75, 3.05) is 0 Å². The third-order valence-corrected chi connectivity index (χ3v) is 5.79. The molecule has 0 amide bonds. The summed E-state index contributed by atoms with van der Waals surface area (Å²) in [5.41, 5.74) is 1.36. The van der Waals surface area contributed by atoms with Gasteiger partial charge in [-0.25, -0.2) is 13.8 Å². The minimum Gasteiger partial charge on any atom is -0.333 e. The van der Waals surface area contributed by atoms with E-state index in [1.807, 2.05) is 19.9 Å². The smallest absolute Gasteiger partial charge is 0.278 e. The Balaban J connectivity index is 1.77. The molecule has 2 aromatic carbocycles. The third-order valence-electron chi connectivity index (χ3n) is 5.49. The molecule has 0 spiro atoms. The van der Waals surface area contributed by atoms with Crippen LogP contribution < -0.4 is 5.56 Å². The fourth-order valence-electron chi connectivity index (χ4n) is 3.75. The van der Waals surface area contributed by atoms with Crippen LogP contribution in [0.25, 0.3) is 39.5 Å². The predicted molar refractivity (Wildman–Crippen MR) is 116 cm³/mol. The number of benzene rings is 2. The van der Waals surface area contributed by atoms with Crippen LogP contribution in [0.15, 0.2) is 52.0 Å². The molecule has 5 aromatic rings. The topological polar surface area (TPSA) is 78.2 Å². The number of hydrogen-bond donors (Lipinski definition) is 0. The standard InChI is InChI=1S/C22H16ClF2N5O2/c1-3-11(2)30-18-14(23)5-4-6-16(18)29-10-26-17(19(29)22(30)31)20-27-21(32-28-20)13-8-7-12(24)9-15(13)25/h4-11H,3H2,1-2H3. The molecule has 0 radical (unpaired) electrons. The van der Waals surface area contributed by atoms with Crippen LogP contribution in [0.5, 0.6) is 0 Å². The second kappa shape index (κ2) is 7.52. The first-order valence-corrected chi connectivity index (χ1v) is 10.3. The summed E-state index contributed by atoms with van der Waals surface area (Å²) in [6, 6.07) is 8.26. The molecule has 162 valence electrons. The Morgan fingerprint density at radius 3 is 2.75 bits per heavy atom. The number of rotatable bonds is 4. The van der Waals surface area contributed by atoms with Crippen LogP contribution in [0.1, 0.15) is 26.3 Å². The zero-order chi connectivity index (χ0) is 22.6. The van der Waals surface area contributed by atoms with Crippen molar-refractivity contribution >= 4 is 28.2 Å². The third kappa shape index (κ3) is 3.00. The van der Waals surface area contributed by atoms with Gasteiger partial charge in [-0.05, 0) is 37.6 Å². The van der Waals surface area contributed by atoms with Gasteiger partial charge in [0.15, 0.2) is 0 Å². The molecule has 5 rings (SSSR count). The van der Waals surface area contributed by atoms with E-state index < -0.39 is 11.6 Å². The molecule has 0 aliphatic rings. The number of imidazole rings is 1. The number of hydrogen-bond acceptors (Lipinski definition) is 5. The fraction of sp³-hybridized carbons (Fsp3) is 0.182. The van der Waals surface area contributed by atoms with Gasteiger partial charge in [0.1, 0.15) is 29.2 Å². The molecule has 0 bridgehead atoms. The van der Waals surface area contributed by atoms with Gasteiger partial charge in [-0.15, -0.1) is 0 Å². The fourth-order valence-corrected chi connectivity index (χ4v) is 4.01. The monoisotopic (exact) mass is 455 g/mol. The van der Waals surface area contributed by atoms with Gasteiger partial charge in [-0.2, -0.15) is 4.98 Å². The van der Waals surface area contributed by atoms with Crippen LogP contribution in [0.3, 0.4) is 0 Å². The van der Waals surface area contributed by atoms with Crippen molar-refractivity contribution in [3.8, 4) is 23.0 Å². The van der Waals surface area contributed by atoms with Crippen molar-refractivity contribution in [1.82, 2.24) is 24.1 Å². The Labute approximate surface area is 184 Å². The first-order chi connectivity index (χ1) is 15.4. The summed E-state index contributed by atoms with van der Waals surface area (Å²) < 4.78 is 35.8. The maximum absolute atomic E-state index is 14.1. The number of aromatic nitrogens is 5. The van der Waals surface area contributed by atoms with Crippen molar-refractivity contribution in [3.63, 3.8) is 0 Å². The van der Waals surface area contributed by atoms with Crippen LogP contribution in [-0.4, -0.2) is 24.1 Å². The van der Waals surface area contributed by atoms with Gasteiger partial charge in [0.25, 0.3) is 11.4 Å². The van der Waals surface area contributed by atoms with E-state index >= 15 is 0 Å². The predicted octanol–water partition coefficient (Wildman–Crippen LogP) is 5.27. The van der Waals surface area contributed by atoms with Gasteiger partial charge in [0.05, 0.1) is 21.6 Å². The lowest BCUT2D eigenvalue weighted by Crippen LogP contribution is -2.26. The van der Waals surface area contributed by atoms with Gasteiger partial charge in [0.2, 0.25) is 5.82 Å². The van der Waals surface area contributed by atoms with Crippen LogP contribution in [0.4, 0.5) is 8.78 Å². The normalized spacial score (nSPS) is 12.7. The van der Waals surface area contributed by atoms with E-state index in [2.05, 4.69) is 15.1 Å². The lowest BCUT2D eigenvalue weighted by molar-refractivity contribution is 0.429. The SMILES string of the molecule is CCC(C)n1c(=O)c2c(-c3noc(-c4ccc(F)cc4F)n3)ncn2c2cccc(Cl)c21. The molecule has 10 heteroatoms. The first-order valence-electron chi connectivity index (χ1n) is 9.90. The van der Waals surface area contributed by atoms with Gasteiger partial charge >= 0.3 is 0 Å². The number of para-hydroxylation sites is 1. The molecular weight excluding hydrogens is 440 g/mol. The molecule has 0 saturated carbocycles. The van der Waals surface area contributed by atoms with Crippen molar-refractivity contribution in [2.24, 2.45) is 0 Å². The minimum atomic E-state index is -0.838. The second-order valence-corrected chi connectivity index (χ2v) is 7.81. The summed E-state index contributed by atoms with van der Waals surface area (Å²) in [4.78, 5) is 22.1. The number of halogens is 3. The average molecular weight is 456 g/mol. The Morgan fingerprint density at radius 2 is 2.00 bits per heavy atom. The summed E-state index contributed by atoms with van der Waals surface area (Å²) >= 11 is 6.46. The van der Waals surface area contributed by atoms with Crippen molar-refractivity contribution < 1.29 is 13.3 Å². The van der Waals surface area contributed by atoms with Gasteiger partial charge in [0, 0.05) is 12.1 Å². The molecule has 0 N–H and O–H groups in total. The highest BCUT2D eigenvalue weighted by Crippen LogP contribution is 2.30. The van der Waals surface area contributed by atoms with E-state index in [9.17, 15) is 13.6 Å². The number of nitrogens with zero attached hydrogens (tertiary/aromatic N) is 5. The van der Waals surface area contributed by atoms with E-state index in [4.69, 9.17) is 16.1 Å². The van der Waals surface area contributed by atoms with Gasteiger partial charge < -0.3 is 9.09 Å². The molecule has 0 aliphatic carbocycles. The lowest BCUT2D eigenvalue weighted by Gasteiger charge is -2.18. The van der Waals surface area contributed by atoms with E-state index in [0.717, 1.165) is 12.1 Å². The molecule has 0 saturated heterocycles. The summed E-state index contributed by atoms with van der Waals surface area (Å²) in [5, 5.41) is 4.34. The van der Waals surface area contributed by atoms with Gasteiger partial charge in [-0.3, -0.25) is 9.20 Å². The maximum atomic E-state index is 14.1. The molecule has 0 fully saturated rings.